The molecule has 1 fully saturated rings. The van der Waals surface area contributed by atoms with Crippen molar-refractivity contribution in [3.63, 3.8) is 0 Å². The van der Waals surface area contributed by atoms with E-state index in [9.17, 15) is 4.79 Å². The van der Waals surface area contributed by atoms with Gasteiger partial charge in [-0.15, -0.1) is 11.3 Å². The lowest BCUT2D eigenvalue weighted by atomic mass is 9.88. The highest BCUT2D eigenvalue weighted by atomic mass is 32.1. The first-order valence-corrected chi connectivity index (χ1v) is 10.2. The van der Waals surface area contributed by atoms with Crippen LogP contribution in [0.15, 0.2) is 18.3 Å². The van der Waals surface area contributed by atoms with E-state index in [2.05, 4.69) is 17.2 Å². The molecule has 0 amide bonds. The van der Waals surface area contributed by atoms with Gasteiger partial charge in [-0.3, -0.25) is 9.69 Å². The van der Waals surface area contributed by atoms with Crippen LogP contribution in [0.2, 0.25) is 0 Å². The number of fused-ring (bicyclic) bond motifs is 1. The van der Waals surface area contributed by atoms with Gasteiger partial charge >= 0.3 is 0 Å². The van der Waals surface area contributed by atoms with Crippen molar-refractivity contribution < 1.29 is 4.79 Å². The molecule has 2 aromatic heterocycles. The fourth-order valence-electron chi connectivity index (χ4n) is 3.95. The molecule has 0 radical (unpaired) electrons. The molecule has 1 aliphatic carbocycles. The van der Waals surface area contributed by atoms with Crippen molar-refractivity contribution in [3.05, 3.63) is 45.2 Å². The monoisotopic (exact) mass is 355 g/mol. The Balaban J connectivity index is 1.43. The smallest absolute Gasteiger partial charge is 0.169 e. The van der Waals surface area contributed by atoms with E-state index < -0.39 is 0 Å². The molecule has 0 aromatic carbocycles. The molecular formula is C20H25N3OS. The van der Waals surface area contributed by atoms with E-state index in [1.54, 1.807) is 18.3 Å². The standard InChI is InChI=1S/C20H25N3OS/c1-14(24)19-8-7-17(25-19)13-23-10-9-18-16(12-23)11-21-20(22-18)15-5-3-2-4-6-15/h7-8,11,15H,2-6,9-10,12-13H2,1H3. The van der Waals surface area contributed by atoms with E-state index in [1.807, 2.05) is 6.07 Å². The topological polar surface area (TPSA) is 46.1 Å². The number of Topliss-reactive ketones (excluding diaryl/α,β-unsaturated/α-hetero) is 1. The minimum absolute atomic E-state index is 0.156. The Bertz CT molecular complexity index is 764. The average molecular weight is 356 g/mol. The summed E-state index contributed by atoms with van der Waals surface area (Å²) in [6.07, 6.45) is 9.58. The Morgan fingerprint density at radius 3 is 2.88 bits per heavy atom. The molecule has 5 heteroatoms. The summed E-state index contributed by atoms with van der Waals surface area (Å²) in [7, 11) is 0. The summed E-state index contributed by atoms with van der Waals surface area (Å²) in [4.78, 5) is 25.6. The maximum Gasteiger partial charge on any atom is 0.169 e. The van der Waals surface area contributed by atoms with Gasteiger partial charge in [0.1, 0.15) is 5.82 Å². The zero-order chi connectivity index (χ0) is 17.2. The number of nitrogens with zero attached hydrogens (tertiary/aromatic N) is 3. The molecule has 4 nitrogen and oxygen atoms in total. The molecule has 132 valence electrons. The molecule has 0 spiro atoms. The number of hydrogen-bond acceptors (Lipinski definition) is 5. The van der Waals surface area contributed by atoms with Crippen LogP contribution in [-0.2, 0) is 19.5 Å². The van der Waals surface area contributed by atoms with Gasteiger partial charge in [0, 0.05) is 54.3 Å². The number of hydrogen-bond donors (Lipinski definition) is 0. The second-order valence-corrected chi connectivity index (χ2v) is 8.49. The maximum atomic E-state index is 11.5. The van der Waals surface area contributed by atoms with Crippen LogP contribution in [0.4, 0.5) is 0 Å². The zero-order valence-corrected chi connectivity index (χ0v) is 15.6. The molecule has 0 saturated heterocycles. The highest BCUT2D eigenvalue weighted by Crippen LogP contribution is 2.31. The van der Waals surface area contributed by atoms with Crippen LogP contribution in [-0.4, -0.2) is 27.2 Å². The van der Waals surface area contributed by atoms with Gasteiger partial charge in [0.05, 0.1) is 4.88 Å². The highest BCUT2D eigenvalue weighted by molar-refractivity contribution is 7.14. The Morgan fingerprint density at radius 1 is 1.28 bits per heavy atom. The molecule has 25 heavy (non-hydrogen) atoms. The van der Waals surface area contributed by atoms with Gasteiger partial charge in [-0.05, 0) is 31.9 Å². The Morgan fingerprint density at radius 2 is 2.12 bits per heavy atom. The lowest BCUT2D eigenvalue weighted by Gasteiger charge is -2.28. The van der Waals surface area contributed by atoms with E-state index in [0.29, 0.717) is 5.92 Å². The first kappa shape index (κ1) is 16.9. The number of carbonyl (C=O) groups is 1. The summed E-state index contributed by atoms with van der Waals surface area (Å²) >= 11 is 1.61. The summed E-state index contributed by atoms with van der Waals surface area (Å²) < 4.78 is 0. The Labute approximate surface area is 153 Å². The number of aromatic nitrogens is 2. The zero-order valence-electron chi connectivity index (χ0n) is 14.8. The lowest BCUT2D eigenvalue weighted by Crippen LogP contribution is -2.31. The predicted molar refractivity (Wildman–Crippen MR) is 100.0 cm³/mol. The van der Waals surface area contributed by atoms with E-state index in [0.717, 1.165) is 36.8 Å². The third-order valence-electron chi connectivity index (χ3n) is 5.39. The molecule has 0 unspecified atom stereocenters. The highest BCUT2D eigenvalue weighted by Gasteiger charge is 2.23. The first-order valence-electron chi connectivity index (χ1n) is 9.36. The second kappa shape index (κ2) is 7.34. The van der Waals surface area contributed by atoms with Gasteiger partial charge in [0.2, 0.25) is 0 Å². The van der Waals surface area contributed by atoms with Crippen molar-refractivity contribution >= 4 is 17.1 Å². The summed E-state index contributed by atoms with van der Waals surface area (Å²) in [5.41, 5.74) is 2.52. The van der Waals surface area contributed by atoms with Gasteiger partial charge in [0.25, 0.3) is 0 Å². The third kappa shape index (κ3) is 3.82. The van der Waals surface area contributed by atoms with Gasteiger partial charge in [-0.1, -0.05) is 19.3 Å². The molecule has 2 aliphatic rings. The Hall–Kier alpha value is -1.59. The van der Waals surface area contributed by atoms with Crippen molar-refractivity contribution in [2.75, 3.05) is 6.54 Å². The summed E-state index contributed by atoms with van der Waals surface area (Å²) in [6.45, 7) is 4.48. The minimum Gasteiger partial charge on any atom is -0.294 e. The van der Waals surface area contributed by atoms with Gasteiger partial charge in [-0.25, -0.2) is 9.97 Å². The van der Waals surface area contributed by atoms with Crippen LogP contribution < -0.4 is 0 Å². The summed E-state index contributed by atoms with van der Waals surface area (Å²) in [6, 6.07) is 4.03. The van der Waals surface area contributed by atoms with E-state index in [4.69, 9.17) is 9.97 Å². The normalized spacial score (nSPS) is 18.9. The van der Waals surface area contributed by atoms with E-state index >= 15 is 0 Å². The van der Waals surface area contributed by atoms with E-state index in [1.165, 1.54) is 48.2 Å². The fraction of sp³-hybridized carbons (Fsp3) is 0.550. The van der Waals surface area contributed by atoms with E-state index in [-0.39, 0.29) is 5.78 Å². The first-order chi connectivity index (χ1) is 12.2. The van der Waals surface area contributed by atoms with Gasteiger partial charge < -0.3 is 0 Å². The lowest BCUT2D eigenvalue weighted by molar-refractivity contribution is 0.102. The molecule has 2 aromatic rings. The number of ketones is 1. The molecular weight excluding hydrogens is 330 g/mol. The number of rotatable bonds is 4. The molecule has 0 N–H and O–H groups in total. The number of carbonyl (C=O) groups excluding carboxylic acids is 1. The molecule has 1 saturated carbocycles. The van der Waals surface area contributed by atoms with Crippen molar-refractivity contribution in [2.45, 2.75) is 64.5 Å². The minimum atomic E-state index is 0.156. The molecule has 4 rings (SSSR count). The quantitative estimate of drug-likeness (QED) is 0.765. The third-order valence-corrected chi connectivity index (χ3v) is 6.56. The molecule has 1 aliphatic heterocycles. The van der Waals surface area contributed by atoms with Crippen molar-refractivity contribution in [1.82, 2.24) is 14.9 Å². The van der Waals surface area contributed by atoms with Crippen molar-refractivity contribution in [1.29, 1.82) is 0 Å². The second-order valence-electron chi connectivity index (χ2n) is 7.32. The summed E-state index contributed by atoms with van der Waals surface area (Å²) in [5.74, 6) is 1.81. The van der Waals surface area contributed by atoms with Crippen LogP contribution in [0.1, 0.15) is 76.6 Å². The number of thiophene rings is 1. The SMILES string of the molecule is CC(=O)c1ccc(CN2CCc3nc(C4CCCCC4)ncc3C2)s1. The molecule has 0 bridgehead atoms. The van der Waals surface area contributed by atoms with Crippen LogP contribution in [0.3, 0.4) is 0 Å². The van der Waals surface area contributed by atoms with Crippen molar-refractivity contribution in [3.8, 4) is 0 Å². The van der Waals surface area contributed by atoms with Gasteiger partial charge in [-0.2, -0.15) is 0 Å². The average Bonchev–Trinajstić information content (AvgIpc) is 3.11. The van der Waals surface area contributed by atoms with Crippen LogP contribution in [0, 0.1) is 0 Å². The molecule has 3 heterocycles. The van der Waals surface area contributed by atoms with Crippen LogP contribution in [0.5, 0.6) is 0 Å². The van der Waals surface area contributed by atoms with Crippen molar-refractivity contribution in [2.24, 2.45) is 0 Å². The Kier molecular flexibility index (Phi) is 4.95. The molecule has 0 atom stereocenters. The van der Waals surface area contributed by atoms with Crippen LogP contribution >= 0.6 is 11.3 Å². The summed E-state index contributed by atoms with van der Waals surface area (Å²) in [5, 5.41) is 0. The largest absolute Gasteiger partial charge is 0.294 e. The fourth-order valence-corrected chi connectivity index (χ4v) is 4.90. The predicted octanol–water partition coefficient (Wildman–Crippen LogP) is 4.35. The maximum absolute atomic E-state index is 11.5. The van der Waals surface area contributed by atoms with Gasteiger partial charge in [0.15, 0.2) is 5.78 Å². The van der Waals surface area contributed by atoms with Crippen LogP contribution in [0.25, 0.3) is 0 Å².